The van der Waals surface area contributed by atoms with Crippen molar-refractivity contribution in [2.24, 2.45) is 0 Å². The first-order valence-corrected chi connectivity index (χ1v) is 9.48. The van der Waals surface area contributed by atoms with Crippen molar-refractivity contribution in [2.75, 3.05) is 6.54 Å². The van der Waals surface area contributed by atoms with Gasteiger partial charge in [-0.25, -0.2) is 4.98 Å². The molecule has 0 saturated carbocycles. The summed E-state index contributed by atoms with van der Waals surface area (Å²) < 4.78 is 0. The Labute approximate surface area is 154 Å². The van der Waals surface area contributed by atoms with Crippen LogP contribution in [-0.4, -0.2) is 39.5 Å². The van der Waals surface area contributed by atoms with Crippen LogP contribution in [0.25, 0.3) is 21.5 Å². The van der Waals surface area contributed by atoms with Crippen molar-refractivity contribution in [3.05, 3.63) is 53.4 Å². The number of carboxylic acids is 1. The van der Waals surface area contributed by atoms with Gasteiger partial charge in [-0.2, -0.15) is 0 Å². The lowest BCUT2D eigenvalue weighted by atomic mass is 10.0. The molecule has 1 aromatic carbocycles. The molecule has 0 radical (unpaired) electrons. The molecule has 1 atom stereocenters. The Morgan fingerprint density at radius 3 is 2.85 bits per heavy atom. The third-order valence-electron chi connectivity index (χ3n) is 4.77. The molecule has 6 heteroatoms. The molecule has 0 aliphatic carbocycles. The monoisotopic (exact) mass is 366 g/mol. The van der Waals surface area contributed by atoms with Crippen LogP contribution in [0.3, 0.4) is 0 Å². The van der Waals surface area contributed by atoms with Crippen LogP contribution in [0.15, 0.2) is 47.8 Å². The normalized spacial score (nSPS) is 16.9. The number of rotatable bonds is 4. The molecule has 26 heavy (non-hydrogen) atoms. The molecular weight excluding hydrogens is 348 g/mol. The smallest absolute Gasteiger partial charge is 0.305 e. The Balaban J connectivity index is 1.79. The van der Waals surface area contributed by atoms with Crippen molar-refractivity contribution in [1.82, 2.24) is 9.88 Å². The summed E-state index contributed by atoms with van der Waals surface area (Å²) >= 11 is 1.58. The summed E-state index contributed by atoms with van der Waals surface area (Å²) in [5, 5.41) is 11.9. The summed E-state index contributed by atoms with van der Waals surface area (Å²) in [5.41, 5.74) is 2.14. The molecule has 1 N–H and O–H groups in total. The van der Waals surface area contributed by atoms with Crippen LogP contribution >= 0.6 is 11.3 Å². The lowest BCUT2D eigenvalue weighted by Crippen LogP contribution is -2.37. The number of thiophene rings is 1. The van der Waals surface area contributed by atoms with Gasteiger partial charge in [-0.3, -0.25) is 9.59 Å². The molecule has 3 aromatic rings. The zero-order valence-electron chi connectivity index (χ0n) is 14.1. The van der Waals surface area contributed by atoms with Gasteiger partial charge in [0.15, 0.2) is 0 Å². The number of aromatic nitrogens is 1. The van der Waals surface area contributed by atoms with Gasteiger partial charge in [0.05, 0.1) is 28.1 Å². The van der Waals surface area contributed by atoms with Crippen molar-refractivity contribution in [3.63, 3.8) is 0 Å². The Bertz CT molecular complexity index is 968. The van der Waals surface area contributed by atoms with E-state index in [1.165, 1.54) is 0 Å². The van der Waals surface area contributed by atoms with Crippen LogP contribution in [0.4, 0.5) is 0 Å². The fraction of sp³-hybridized carbons (Fsp3) is 0.250. The van der Waals surface area contributed by atoms with Crippen molar-refractivity contribution in [3.8, 4) is 10.6 Å². The zero-order valence-corrected chi connectivity index (χ0v) is 14.9. The molecule has 132 valence electrons. The number of amides is 1. The van der Waals surface area contributed by atoms with Crippen molar-refractivity contribution >= 4 is 34.1 Å². The van der Waals surface area contributed by atoms with Gasteiger partial charge in [0.2, 0.25) is 0 Å². The molecule has 0 spiro atoms. The number of pyridine rings is 1. The maximum absolute atomic E-state index is 13.3. The van der Waals surface area contributed by atoms with E-state index in [-0.39, 0.29) is 18.4 Å². The molecule has 5 nitrogen and oxygen atoms in total. The van der Waals surface area contributed by atoms with Crippen molar-refractivity contribution in [2.45, 2.75) is 25.3 Å². The summed E-state index contributed by atoms with van der Waals surface area (Å²) in [5.74, 6) is -0.973. The molecule has 1 aliphatic heterocycles. The molecule has 1 fully saturated rings. The summed E-state index contributed by atoms with van der Waals surface area (Å²) in [6.07, 6.45) is 1.57. The molecule has 0 bridgehead atoms. The molecule has 1 saturated heterocycles. The maximum Gasteiger partial charge on any atom is 0.305 e. The van der Waals surface area contributed by atoms with Gasteiger partial charge >= 0.3 is 5.97 Å². The second-order valence-electron chi connectivity index (χ2n) is 6.44. The Morgan fingerprint density at radius 1 is 1.23 bits per heavy atom. The lowest BCUT2D eigenvalue weighted by molar-refractivity contribution is -0.137. The number of hydrogen-bond acceptors (Lipinski definition) is 4. The average Bonchev–Trinajstić information content (AvgIpc) is 3.31. The van der Waals surface area contributed by atoms with Crippen molar-refractivity contribution < 1.29 is 14.7 Å². The second-order valence-corrected chi connectivity index (χ2v) is 7.39. The number of carbonyl (C=O) groups is 2. The van der Waals surface area contributed by atoms with E-state index in [9.17, 15) is 9.59 Å². The Morgan fingerprint density at radius 2 is 2.08 bits per heavy atom. The minimum Gasteiger partial charge on any atom is -0.481 e. The summed E-state index contributed by atoms with van der Waals surface area (Å²) in [6.45, 7) is 0.599. The van der Waals surface area contributed by atoms with E-state index in [4.69, 9.17) is 10.1 Å². The van der Waals surface area contributed by atoms with Crippen LogP contribution < -0.4 is 0 Å². The van der Waals surface area contributed by atoms with E-state index in [2.05, 4.69) is 0 Å². The summed E-state index contributed by atoms with van der Waals surface area (Å²) in [6, 6.07) is 13.2. The number of carbonyl (C=O) groups excluding carboxylic acids is 1. The van der Waals surface area contributed by atoms with Gasteiger partial charge in [0.1, 0.15) is 0 Å². The van der Waals surface area contributed by atoms with Crippen LogP contribution in [0, 0.1) is 0 Å². The third kappa shape index (κ3) is 3.08. The first kappa shape index (κ1) is 16.7. The number of carboxylic acid groups (broad SMARTS) is 1. The molecule has 4 rings (SSSR count). The Kier molecular flexibility index (Phi) is 4.42. The number of nitrogens with zero attached hydrogens (tertiary/aromatic N) is 2. The van der Waals surface area contributed by atoms with E-state index >= 15 is 0 Å². The van der Waals surface area contributed by atoms with Gasteiger partial charge in [0, 0.05) is 18.0 Å². The zero-order chi connectivity index (χ0) is 18.1. The lowest BCUT2D eigenvalue weighted by Gasteiger charge is -2.24. The van der Waals surface area contributed by atoms with Gasteiger partial charge in [-0.15, -0.1) is 11.3 Å². The molecule has 2 aromatic heterocycles. The SMILES string of the molecule is O=C(O)CC1CCCN1C(=O)c1cc(-c2cccs2)nc2ccccc12. The van der Waals surface area contributed by atoms with E-state index in [0.717, 1.165) is 34.3 Å². The minimum absolute atomic E-state index is 0.00740. The minimum atomic E-state index is -0.867. The second kappa shape index (κ2) is 6.88. The number of aliphatic carboxylic acids is 1. The largest absolute Gasteiger partial charge is 0.481 e. The van der Waals surface area contributed by atoms with Gasteiger partial charge in [-0.05, 0) is 36.4 Å². The van der Waals surface area contributed by atoms with Crippen molar-refractivity contribution in [1.29, 1.82) is 0 Å². The first-order valence-electron chi connectivity index (χ1n) is 8.60. The van der Waals surface area contributed by atoms with Crippen LogP contribution in [0.5, 0.6) is 0 Å². The number of likely N-dealkylation sites (tertiary alicyclic amines) is 1. The number of hydrogen-bond donors (Lipinski definition) is 1. The summed E-state index contributed by atoms with van der Waals surface area (Å²) in [4.78, 5) is 31.8. The van der Waals surface area contributed by atoms with Gasteiger partial charge < -0.3 is 10.0 Å². The fourth-order valence-corrected chi connectivity index (χ4v) is 4.26. The number of fused-ring (bicyclic) bond motifs is 1. The highest BCUT2D eigenvalue weighted by Gasteiger charge is 2.32. The van der Waals surface area contributed by atoms with Crippen LogP contribution in [0.2, 0.25) is 0 Å². The highest BCUT2D eigenvalue weighted by molar-refractivity contribution is 7.13. The van der Waals surface area contributed by atoms with Gasteiger partial charge in [0.25, 0.3) is 5.91 Å². The quantitative estimate of drug-likeness (QED) is 0.756. The number of benzene rings is 1. The highest BCUT2D eigenvalue weighted by atomic mass is 32.1. The molecule has 1 unspecified atom stereocenters. The average molecular weight is 366 g/mol. The molecule has 3 heterocycles. The fourth-order valence-electron chi connectivity index (χ4n) is 3.57. The van der Waals surface area contributed by atoms with E-state index in [0.29, 0.717) is 12.1 Å². The van der Waals surface area contributed by atoms with E-state index in [1.807, 2.05) is 47.8 Å². The maximum atomic E-state index is 13.3. The van der Waals surface area contributed by atoms with Crippen LogP contribution in [0.1, 0.15) is 29.6 Å². The molecular formula is C20H18N2O3S. The van der Waals surface area contributed by atoms with E-state index in [1.54, 1.807) is 16.2 Å². The first-order chi connectivity index (χ1) is 12.6. The predicted octanol–water partition coefficient (Wildman–Crippen LogP) is 4.04. The predicted molar refractivity (Wildman–Crippen MR) is 101 cm³/mol. The highest BCUT2D eigenvalue weighted by Crippen LogP contribution is 2.30. The standard InChI is InChI=1S/C20H18N2O3S/c23-19(24)11-13-5-3-9-22(13)20(25)15-12-17(18-8-4-10-26-18)21-16-7-2-1-6-14(15)16/h1-2,4,6-8,10,12-13H,3,5,9,11H2,(H,23,24). The molecule has 1 aliphatic rings. The third-order valence-corrected chi connectivity index (χ3v) is 5.66. The Hall–Kier alpha value is -2.73. The summed E-state index contributed by atoms with van der Waals surface area (Å²) in [7, 11) is 0. The van der Waals surface area contributed by atoms with Gasteiger partial charge in [-0.1, -0.05) is 24.3 Å². The van der Waals surface area contributed by atoms with E-state index < -0.39 is 5.97 Å². The molecule has 1 amide bonds. The number of para-hydroxylation sites is 1. The topological polar surface area (TPSA) is 70.5 Å². The van der Waals surface area contributed by atoms with Crippen LogP contribution in [-0.2, 0) is 4.79 Å².